The summed E-state index contributed by atoms with van der Waals surface area (Å²) in [5.74, 6) is -1.55. The minimum Gasteiger partial charge on any atom is -0.508 e. The smallest absolute Gasteiger partial charge is 0.326 e. The van der Waals surface area contributed by atoms with Gasteiger partial charge in [0.25, 0.3) is 0 Å². The van der Waals surface area contributed by atoms with Gasteiger partial charge >= 0.3 is 5.97 Å². The Balaban J connectivity index is 2.00. The lowest BCUT2D eigenvalue weighted by molar-refractivity contribution is -0.142. The Kier molecular flexibility index (Phi) is 4.80. The van der Waals surface area contributed by atoms with E-state index in [-0.39, 0.29) is 30.1 Å². The van der Waals surface area contributed by atoms with E-state index in [0.717, 1.165) is 5.56 Å². The summed E-state index contributed by atoms with van der Waals surface area (Å²) >= 11 is 0. The monoisotopic (exact) mass is 293 g/mol. The molecule has 3 atom stereocenters. The Hall–Kier alpha value is -2.08. The molecule has 0 spiro atoms. The molecule has 2 unspecified atom stereocenters. The minimum absolute atomic E-state index is 0.117. The zero-order valence-corrected chi connectivity index (χ0v) is 11.8. The molecule has 1 amide bonds. The number of hydrogen-bond donors (Lipinski definition) is 3. The summed E-state index contributed by atoms with van der Waals surface area (Å²) in [6, 6.07) is 5.26. The van der Waals surface area contributed by atoms with Crippen LogP contribution in [0.15, 0.2) is 24.3 Å². The van der Waals surface area contributed by atoms with Crippen molar-refractivity contribution in [2.45, 2.75) is 31.9 Å². The number of phenolic OH excluding ortho intramolecular Hbond substituents is 1. The lowest BCUT2D eigenvalue weighted by atomic mass is 10.00. The normalized spacial score (nSPS) is 22.7. The van der Waals surface area contributed by atoms with E-state index >= 15 is 0 Å². The molecule has 1 fully saturated rings. The van der Waals surface area contributed by atoms with Crippen molar-refractivity contribution in [1.82, 2.24) is 5.32 Å². The third kappa shape index (κ3) is 3.95. The van der Waals surface area contributed by atoms with E-state index in [0.29, 0.717) is 13.0 Å². The molecule has 1 heterocycles. The number of phenols is 1. The average molecular weight is 293 g/mol. The summed E-state index contributed by atoms with van der Waals surface area (Å²) in [5, 5.41) is 21.0. The summed E-state index contributed by atoms with van der Waals surface area (Å²) in [6.45, 7) is 2.34. The maximum Gasteiger partial charge on any atom is 0.326 e. The molecular weight excluding hydrogens is 274 g/mol. The van der Waals surface area contributed by atoms with E-state index in [1.165, 1.54) is 12.1 Å². The van der Waals surface area contributed by atoms with Crippen molar-refractivity contribution in [3.8, 4) is 5.75 Å². The lowest BCUT2D eigenvalue weighted by Crippen LogP contribution is -2.46. The molecule has 1 aromatic carbocycles. The molecular formula is C15H19NO5. The van der Waals surface area contributed by atoms with Crippen molar-refractivity contribution >= 4 is 11.9 Å². The zero-order chi connectivity index (χ0) is 15.4. The van der Waals surface area contributed by atoms with Crippen molar-refractivity contribution in [3.63, 3.8) is 0 Å². The molecule has 3 N–H and O–H groups in total. The lowest BCUT2D eigenvalue weighted by Gasteiger charge is -2.19. The standard InChI is InChI=1S/C15H19NO5/c1-9-12(6-7-21-9)14(18)16-13(15(19)20)8-10-2-4-11(17)5-3-10/h2-5,9,12-13,17H,6-8H2,1H3,(H,16,18)(H,19,20)/t9?,12?,13-/m1/s1. The molecule has 1 aliphatic rings. The molecule has 6 heteroatoms. The SMILES string of the molecule is CC1OCCC1C(=O)N[C@H](Cc1ccc(O)cc1)C(=O)O. The molecule has 1 saturated heterocycles. The minimum atomic E-state index is -1.08. The van der Waals surface area contributed by atoms with Gasteiger partial charge in [0.1, 0.15) is 11.8 Å². The highest BCUT2D eigenvalue weighted by Gasteiger charge is 2.33. The Labute approximate surface area is 122 Å². The van der Waals surface area contributed by atoms with Crippen LogP contribution in [0.2, 0.25) is 0 Å². The van der Waals surface area contributed by atoms with Gasteiger partial charge in [0.05, 0.1) is 12.0 Å². The van der Waals surface area contributed by atoms with Crippen molar-refractivity contribution in [2.75, 3.05) is 6.61 Å². The topological polar surface area (TPSA) is 95.9 Å². The van der Waals surface area contributed by atoms with Gasteiger partial charge in [-0.2, -0.15) is 0 Å². The molecule has 0 saturated carbocycles. The second-order valence-electron chi connectivity index (χ2n) is 5.24. The first-order valence-corrected chi connectivity index (χ1v) is 6.90. The van der Waals surface area contributed by atoms with Crippen LogP contribution in [0.25, 0.3) is 0 Å². The molecule has 2 rings (SSSR count). The van der Waals surface area contributed by atoms with Crippen LogP contribution in [0.3, 0.4) is 0 Å². The Bertz CT molecular complexity index is 513. The maximum atomic E-state index is 12.1. The molecule has 1 aliphatic heterocycles. The molecule has 0 aliphatic carbocycles. The Morgan fingerprint density at radius 2 is 2.05 bits per heavy atom. The van der Waals surface area contributed by atoms with E-state index in [9.17, 15) is 19.8 Å². The fraction of sp³-hybridized carbons (Fsp3) is 0.467. The maximum absolute atomic E-state index is 12.1. The molecule has 6 nitrogen and oxygen atoms in total. The first-order chi connectivity index (χ1) is 9.97. The fourth-order valence-corrected chi connectivity index (χ4v) is 2.42. The highest BCUT2D eigenvalue weighted by atomic mass is 16.5. The van der Waals surface area contributed by atoms with Crippen LogP contribution in [0.4, 0.5) is 0 Å². The van der Waals surface area contributed by atoms with E-state index in [2.05, 4.69) is 5.32 Å². The van der Waals surface area contributed by atoms with Gasteiger partial charge in [0.15, 0.2) is 0 Å². The largest absolute Gasteiger partial charge is 0.508 e. The first-order valence-electron chi connectivity index (χ1n) is 6.90. The second-order valence-corrected chi connectivity index (χ2v) is 5.24. The zero-order valence-electron chi connectivity index (χ0n) is 11.8. The van der Waals surface area contributed by atoms with Gasteiger partial charge in [-0.15, -0.1) is 0 Å². The van der Waals surface area contributed by atoms with Crippen LogP contribution in [0.5, 0.6) is 5.75 Å². The number of ether oxygens (including phenoxy) is 1. The summed E-state index contributed by atoms with van der Waals surface area (Å²) in [4.78, 5) is 23.4. The van der Waals surface area contributed by atoms with Crippen LogP contribution in [-0.4, -0.2) is 40.8 Å². The van der Waals surface area contributed by atoms with Gasteiger partial charge in [-0.3, -0.25) is 4.79 Å². The number of carbonyl (C=O) groups is 2. The number of benzene rings is 1. The molecule has 1 aromatic rings. The van der Waals surface area contributed by atoms with Crippen LogP contribution in [0.1, 0.15) is 18.9 Å². The van der Waals surface area contributed by atoms with Crippen molar-refractivity contribution in [3.05, 3.63) is 29.8 Å². The number of carbonyl (C=O) groups excluding carboxylic acids is 1. The molecule has 21 heavy (non-hydrogen) atoms. The second kappa shape index (κ2) is 6.58. The van der Waals surface area contributed by atoms with Crippen LogP contribution >= 0.6 is 0 Å². The van der Waals surface area contributed by atoms with E-state index in [4.69, 9.17) is 4.74 Å². The molecule has 0 aromatic heterocycles. The van der Waals surface area contributed by atoms with Crippen molar-refractivity contribution in [2.24, 2.45) is 5.92 Å². The van der Waals surface area contributed by atoms with Gasteiger partial charge in [0.2, 0.25) is 5.91 Å². The van der Waals surface area contributed by atoms with Gasteiger partial charge in [0, 0.05) is 13.0 Å². The van der Waals surface area contributed by atoms with Crippen molar-refractivity contribution in [1.29, 1.82) is 0 Å². The third-order valence-electron chi connectivity index (χ3n) is 3.70. The van der Waals surface area contributed by atoms with E-state index < -0.39 is 12.0 Å². The Morgan fingerprint density at radius 3 is 2.57 bits per heavy atom. The van der Waals surface area contributed by atoms with Gasteiger partial charge in [-0.25, -0.2) is 4.79 Å². The van der Waals surface area contributed by atoms with Gasteiger partial charge in [-0.05, 0) is 31.0 Å². The number of rotatable bonds is 5. The highest BCUT2D eigenvalue weighted by molar-refractivity contribution is 5.85. The highest BCUT2D eigenvalue weighted by Crippen LogP contribution is 2.21. The number of hydrogen-bond acceptors (Lipinski definition) is 4. The summed E-state index contributed by atoms with van der Waals surface area (Å²) in [6.07, 6.45) is 0.593. The number of aromatic hydroxyl groups is 1. The first kappa shape index (κ1) is 15.3. The number of amides is 1. The number of aliphatic carboxylic acids is 1. The predicted octanol–water partition coefficient (Wildman–Crippen LogP) is 0.929. The number of nitrogens with one attached hydrogen (secondary N) is 1. The van der Waals surface area contributed by atoms with Gasteiger partial charge < -0.3 is 20.3 Å². The van der Waals surface area contributed by atoms with E-state index in [1.807, 2.05) is 6.92 Å². The fourth-order valence-electron chi connectivity index (χ4n) is 2.42. The third-order valence-corrected chi connectivity index (χ3v) is 3.70. The molecule has 0 bridgehead atoms. The predicted molar refractivity (Wildman–Crippen MR) is 74.9 cm³/mol. The molecule has 114 valence electrons. The van der Waals surface area contributed by atoms with Crippen LogP contribution < -0.4 is 5.32 Å². The Morgan fingerprint density at radius 1 is 1.38 bits per heavy atom. The van der Waals surface area contributed by atoms with Gasteiger partial charge in [-0.1, -0.05) is 12.1 Å². The summed E-state index contributed by atoms with van der Waals surface area (Å²) < 4.78 is 5.32. The van der Waals surface area contributed by atoms with Crippen molar-refractivity contribution < 1.29 is 24.5 Å². The summed E-state index contributed by atoms with van der Waals surface area (Å²) in [7, 11) is 0. The number of carboxylic acid groups (broad SMARTS) is 1. The number of carboxylic acids is 1. The summed E-state index contributed by atoms with van der Waals surface area (Å²) in [5.41, 5.74) is 0.733. The average Bonchev–Trinajstić information content (AvgIpc) is 2.86. The van der Waals surface area contributed by atoms with Crippen LogP contribution in [-0.2, 0) is 20.7 Å². The van der Waals surface area contributed by atoms with E-state index in [1.54, 1.807) is 12.1 Å². The quantitative estimate of drug-likeness (QED) is 0.750. The van der Waals surface area contributed by atoms with Crippen LogP contribution in [0, 0.1) is 5.92 Å². The molecule has 0 radical (unpaired) electrons.